The van der Waals surface area contributed by atoms with Crippen molar-refractivity contribution in [3.05, 3.63) is 90.0 Å². The van der Waals surface area contributed by atoms with Crippen LogP contribution < -0.4 is 11.1 Å². The molecule has 5 nitrogen and oxygen atoms in total. The highest BCUT2D eigenvalue weighted by Crippen LogP contribution is 2.36. The summed E-state index contributed by atoms with van der Waals surface area (Å²) in [7, 11) is 0. The third-order valence-electron chi connectivity index (χ3n) is 3.85. The van der Waals surface area contributed by atoms with E-state index in [4.69, 9.17) is 10.8 Å². The second-order valence-corrected chi connectivity index (χ2v) is 7.03. The zero-order valence-electron chi connectivity index (χ0n) is 14.3. The van der Waals surface area contributed by atoms with Crippen LogP contribution in [0.2, 0.25) is 0 Å². The van der Waals surface area contributed by atoms with Crippen molar-refractivity contribution in [1.29, 1.82) is 0 Å². The molecule has 0 radical (unpaired) electrons. The molecule has 0 bridgehead atoms. The van der Waals surface area contributed by atoms with Crippen molar-refractivity contribution in [1.82, 2.24) is 0 Å². The molecule has 1 unspecified atom stereocenters. The molecule has 3 rings (SSSR count). The zero-order chi connectivity index (χ0) is 19.2. The standard InChI is InChI=1S/C21H18N2O3S/c22-16-9-11-18(12-10-16)27-19(14-5-2-1-3-6-14)20(24)23-17-8-4-7-15(13-17)21(25)26/h1-13,19H,22H2,(H,23,24)(H,25,26). The van der Waals surface area contributed by atoms with Gasteiger partial charge in [-0.25, -0.2) is 4.79 Å². The number of carbonyl (C=O) groups is 2. The van der Waals surface area contributed by atoms with Crippen molar-refractivity contribution in [2.75, 3.05) is 11.1 Å². The van der Waals surface area contributed by atoms with Gasteiger partial charge in [-0.1, -0.05) is 36.4 Å². The maximum Gasteiger partial charge on any atom is 0.335 e. The van der Waals surface area contributed by atoms with E-state index in [0.29, 0.717) is 11.4 Å². The van der Waals surface area contributed by atoms with Crippen LogP contribution in [0, 0.1) is 0 Å². The normalized spacial score (nSPS) is 11.6. The molecule has 136 valence electrons. The van der Waals surface area contributed by atoms with E-state index in [1.165, 1.54) is 23.9 Å². The number of rotatable bonds is 6. The number of thioether (sulfide) groups is 1. The lowest BCUT2D eigenvalue weighted by Crippen LogP contribution is -2.19. The van der Waals surface area contributed by atoms with Crippen LogP contribution in [-0.2, 0) is 4.79 Å². The Balaban J connectivity index is 1.85. The molecule has 0 aliphatic rings. The Hall–Kier alpha value is -3.25. The molecule has 0 fully saturated rings. The molecule has 3 aromatic carbocycles. The van der Waals surface area contributed by atoms with E-state index in [0.717, 1.165) is 10.5 Å². The van der Waals surface area contributed by atoms with Gasteiger partial charge in [-0.15, -0.1) is 11.8 Å². The summed E-state index contributed by atoms with van der Waals surface area (Å²) in [4.78, 5) is 25.0. The van der Waals surface area contributed by atoms with Gasteiger partial charge in [0.05, 0.1) is 5.56 Å². The molecular formula is C21H18N2O3S. The summed E-state index contributed by atoms with van der Waals surface area (Å²) < 4.78 is 0. The van der Waals surface area contributed by atoms with Crippen molar-refractivity contribution < 1.29 is 14.7 Å². The molecule has 27 heavy (non-hydrogen) atoms. The van der Waals surface area contributed by atoms with Crippen LogP contribution in [0.25, 0.3) is 0 Å². The fraction of sp³-hybridized carbons (Fsp3) is 0.0476. The minimum Gasteiger partial charge on any atom is -0.478 e. The summed E-state index contributed by atoms with van der Waals surface area (Å²) in [5.74, 6) is -1.27. The van der Waals surface area contributed by atoms with Crippen molar-refractivity contribution >= 4 is 35.0 Å². The number of benzene rings is 3. The molecule has 0 saturated heterocycles. The molecule has 0 spiro atoms. The van der Waals surface area contributed by atoms with Gasteiger partial charge in [0, 0.05) is 16.3 Å². The van der Waals surface area contributed by atoms with Crippen LogP contribution in [-0.4, -0.2) is 17.0 Å². The average molecular weight is 378 g/mol. The van der Waals surface area contributed by atoms with Gasteiger partial charge in [-0.2, -0.15) is 0 Å². The topological polar surface area (TPSA) is 92.4 Å². The highest BCUT2D eigenvalue weighted by atomic mass is 32.2. The Bertz CT molecular complexity index is 943. The molecular weight excluding hydrogens is 360 g/mol. The molecule has 0 aliphatic carbocycles. The number of amides is 1. The first-order valence-electron chi connectivity index (χ1n) is 8.24. The first kappa shape index (κ1) is 18.5. The molecule has 1 atom stereocenters. The van der Waals surface area contributed by atoms with Gasteiger partial charge in [0.1, 0.15) is 5.25 Å². The van der Waals surface area contributed by atoms with Crippen LogP contribution in [0.15, 0.2) is 83.8 Å². The third-order valence-corrected chi connectivity index (χ3v) is 5.12. The van der Waals surface area contributed by atoms with Gasteiger partial charge in [0.25, 0.3) is 0 Å². The maximum atomic E-state index is 13.0. The van der Waals surface area contributed by atoms with Crippen molar-refractivity contribution in [3.63, 3.8) is 0 Å². The van der Waals surface area contributed by atoms with Gasteiger partial charge >= 0.3 is 5.97 Å². The summed E-state index contributed by atoms with van der Waals surface area (Å²) in [6, 6.07) is 22.9. The Kier molecular flexibility index (Phi) is 5.78. The summed E-state index contributed by atoms with van der Waals surface area (Å²) in [6.07, 6.45) is 0. The SMILES string of the molecule is Nc1ccc(SC(C(=O)Nc2cccc(C(=O)O)c2)c2ccccc2)cc1. The number of hydrogen-bond donors (Lipinski definition) is 3. The number of nitrogens with one attached hydrogen (secondary N) is 1. The molecule has 0 heterocycles. The van der Waals surface area contributed by atoms with Crippen LogP contribution >= 0.6 is 11.8 Å². The molecule has 0 aromatic heterocycles. The lowest BCUT2D eigenvalue weighted by molar-refractivity contribution is -0.115. The fourth-order valence-corrected chi connectivity index (χ4v) is 3.55. The number of carbonyl (C=O) groups excluding carboxylic acids is 1. The first-order valence-corrected chi connectivity index (χ1v) is 9.12. The van der Waals surface area contributed by atoms with Crippen LogP contribution in [0.4, 0.5) is 11.4 Å². The minimum atomic E-state index is -1.04. The predicted octanol–water partition coefficient (Wildman–Crippen LogP) is 4.44. The number of anilines is 2. The Morgan fingerprint density at radius 3 is 2.30 bits per heavy atom. The number of nitrogen functional groups attached to an aromatic ring is 1. The van der Waals surface area contributed by atoms with E-state index in [2.05, 4.69) is 5.32 Å². The lowest BCUT2D eigenvalue weighted by Gasteiger charge is -2.17. The highest BCUT2D eigenvalue weighted by Gasteiger charge is 2.22. The third kappa shape index (κ3) is 4.89. The maximum absolute atomic E-state index is 13.0. The molecule has 0 aliphatic heterocycles. The number of carboxylic acids is 1. The quantitative estimate of drug-likeness (QED) is 0.436. The Morgan fingerprint density at radius 1 is 0.926 bits per heavy atom. The monoisotopic (exact) mass is 378 g/mol. The molecule has 6 heteroatoms. The van der Waals surface area contributed by atoms with Crippen molar-refractivity contribution in [2.45, 2.75) is 10.1 Å². The van der Waals surface area contributed by atoms with E-state index in [1.807, 2.05) is 42.5 Å². The Labute approximate surface area is 161 Å². The fourth-order valence-electron chi connectivity index (χ4n) is 2.52. The average Bonchev–Trinajstić information content (AvgIpc) is 2.68. The largest absolute Gasteiger partial charge is 0.478 e. The number of aromatic carboxylic acids is 1. The van der Waals surface area contributed by atoms with Gasteiger partial charge < -0.3 is 16.2 Å². The van der Waals surface area contributed by atoms with E-state index in [1.54, 1.807) is 24.3 Å². The molecule has 4 N–H and O–H groups in total. The minimum absolute atomic E-state index is 0.121. The summed E-state index contributed by atoms with van der Waals surface area (Å²) in [5.41, 5.74) is 7.81. The molecule has 0 saturated carbocycles. The van der Waals surface area contributed by atoms with Crippen LogP contribution in [0.1, 0.15) is 21.2 Å². The molecule has 1 amide bonds. The number of carboxylic acid groups (broad SMARTS) is 1. The van der Waals surface area contributed by atoms with Gasteiger partial charge in [-0.05, 0) is 48.0 Å². The smallest absolute Gasteiger partial charge is 0.335 e. The second-order valence-electron chi connectivity index (χ2n) is 5.85. The number of hydrogen-bond acceptors (Lipinski definition) is 4. The number of nitrogens with two attached hydrogens (primary N) is 1. The van der Waals surface area contributed by atoms with E-state index >= 15 is 0 Å². The van der Waals surface area contributed by atoms with E-state index in [-0.39, 0.29) is 11.5 Å². The molecule has 3 aromatic rings. The second kappa shape index (κ2) is 8.42. The lowest BCUT2D eigenvalue weighted by atomic mass is 10.1. The van der Waals surface area contributed by atoms with Crippen LogP contribution in [0.5, 0.6) is 0 Å². The van der Waals surface area contributed by atoms with Gasteiger partial charge in [0.2, 0.25) is 5.91 Å². The van der Waals surface area contributed by atoms with Gasteiger partial charge in [-0.3, -0.25) is 4.79 Å². The summed E-state index contributed by atoms with van der Waals surface area (Å²) >= 11 is 1.40. The van der Waals surface area contributed by atoms with E-state index in [9.17, 15) is 9.59 Å². The predicted molar refractivity (Wildman–Crippen MR) is 108 cm³/mol. The summed E-state index contributed by atoms with van der Waals surface area (Å²) in [6.45, 7) is 0. The first-order chi connectivity index (χ1) is 13.0. The summed E-state index contributed by atoms with van der Waals surface area (Å²) in [5, 5.41) is 11.4. The zero-order valence-corrected chi connectivity index (χ0v) is 15.1. The van der Waals surface area contributed by atoms with Crippen LogP contribution in [0.3, 0.4) is 0 Å². The van der Waals surface area contributed by atoms with Crippen molar-refractivity contribution in [2.24, 2.45) is 0 Å². The van der Waals surface area contributed by atoms with Crippen molar-refractivity contribution in [3.8, 4) is 0 Å². The Morgan fingerprint density at radius 2 is 1.63 bits per heavy atom. The highest BCUT2D eigenvalue weighted by molar-refractivity contribution is 8.00. The van der Waals surface area contributed by atoms with E-state index < -0.39 is 11.2 Å². The van der Waals surface area contributed by atoms with Gasteiger partial charge in [0.15, 0.2) is 0 Å².